The molecule has 0 N–H and O–H groups in total. The van der Waals surface area contributed by atoms with E-state index in [4.69, 9.17) is 25.7 Å². The Balaban J connectivity index is 1.62. The van der Waals surface area contributed by atoms with Crippen LogP contribution in [0.25, 0.3) is 22.4 Å². The fourth-order valence-electron chi connectivity index (χ4n) is 3.64. The number of oxazole rings is 1. The van der Waals surface area contributed by atoms with Crippen LogP contribution in [0, 0.1) is 26.6 Å². The Kier molecular flexibility index (Phi) is 5.22. The highest BCUT2D eigenvalue weighted by Gasteiger charge is 2.28. The van der Waals surface area contributed by atoms with Crippen LogP contribution in [0.15, 0.2) is 28.8 Å². The minimum Gasteiger partial charge on any atom is -0.443 e. The Bertz CT molecular complexity index is 1330. The van der Waals surface area contributed by atoms with Gasteiger partial charge >= 0.3 is 0 Å². The quantitative estimate of drug-likeness (QED) is 0.450. The molecule has 3 aromatic heterocycles. The Morgan fingerprint density at radius 1 is 1.09 bits per heavy atom. The lowest BCUT2D eigenvalue weighted by Gasteiger charge is -2.32. The van der Waals surface area contributed by atoms with Gasteiger partial charge in [0.05, 0.1) is 30.7 Å². The first-order chi connectivity index (χ1) is 15.4. The summed E-state index contributed by atoms with van der Waals surface area (Å²) in [6.07, 6.45) is 1.35. The molecule has 0 spiro atoms. The Labute approximate surface area is 188 Å². The smallest absolute Gasteiger partial charge is 0.228 e. The molecule has 1 fully saturated rings. The zero-order valence-electron chi connectivity index (χ0n) is 17.8. The van der Waals surface area contributed by atoms with Crippen molar-refractivity contribution in [3.05, 3.63) is 58.3 Å². The summed E-state index contributed by atoms with van der Waals surface area (Å²) in [5.74, 6) is 1.15. The molecule has 164 valence electrons. The number of ether oxygens (including phenoxy) is 1. The molecule has 1 saturated heterocycles. The van der Waals surface area contributed by atoms with Gasteiger partial charge in [-0.25, -0.2) is 24.3 Å². The maximum absolute atomic E-state index is 14.9. The third kappa shape index (κ3) is 3.78. The second-order valence-electron chi connectivity index (χ2n) is 7.65. The zero-order chi connectivity index (χ0) is 22.4. The monoisotopic (exact) mass is 454 g/mol. The van der Waals surface area contributed by atoms with Crippen LogP contribution in [-0.2, 0) is 4.74 Å². The molecule has 4 heterocycles. The molecular weight excluding hydrogens is 435 g/mol. The van der Waals surface area contributed by atoms with Crippen molar-refractivity contribution < 1.29 is 13.5 Å². The van der Waals surface area contributed by atoms with Crippen molar-refractivity contribution in [1.29, 1.82) is 0 Å². The summed E-state index contributed by atoms with van der Waals surface area (Å²) in [7, 11) is 0. The molecule has 32 heavy (non-hydrogen) atoms. The number of halogens is 2. The molecular formula is C22H20ClFN6O2. The van der Waals surface area contributed by atoms with Crippen LogP contribution in [0.2, 0.25) is 5.02 Å². The lowest BCUT2D eigenvalue weighted by atomic mass is 10.1. The number of hydrogen-bond acceptors (Lipinski definition) is 8. The molecule has 0 amide bonds. The number of nitrogens with zero attached hydrogens (tertiary/aromatic N) is 6. The van der Waals surface area contributed by atoms with E-state index < -0.39 is 5.82 Å². The standard InChI is InChI=1S/C22H20ClFN6O2/c1-11-12(2)27-21-20(26-11)19(15-5-4-14(23)8-16(15)24)28-22(29-21)30-6-7-31-18(10-30)17-9-25-13(3)32-17/h4-5,8-9,18H,6-7,10H2,1-3H3. The number of hydrogen-bond donors (Lipinski definition) is 0. The maximum Gasteiger partial charge on any atom is 0.228 e. The Morgan fingerprint density at radius 3 is 2.66 bits per heavy atom. The van der Waals surface area contributed by atoms with E-state index in [1.165, 1.54) is 6.07 Å². The molecule has 5 rings (SSSR count). The summed E-state index contributed by atoms with van der Waals surface area (Å²) in [5.41, 5.74) is 2.98. The van der Waals surface area contributed by atoms with E-state index >= 15 is 0 Å². The Morgan fingerprint density at radius 2 is 1.91 bits per heavy atom. The predicted molar refractivity (Wildman–Crippen MR) is 117 cm³/mol. The number of anilines is 1. The molecule has 1 aliphatic heterocycles. The molecule has 10 heteroatoms. The van der Waals surface area contributed by atoms with Gasteiger partial charge in [0.25, 0.3) is 0 Å². The first-order valence-corrected chi connectivity index (χ1v) is 10.5. The summed E-state index contributed by atoms with van der Waals surface area (Å²) in [5, 5.41) is 0.307. The SMILES string of the molecule is Cc1ncc(C2CN(c3nc(-c4ccc(Cl)cc4F)c4nc(C)c(C)nc4n3)CCO2)o1. The molecule has 0 aliphatic carbocycles. The third-order valence-corrected chi connectivity index (χ3v) is 5.66. The topological polar surface area (TPSA) is 90.1 Å². The van der Waals surface area contributed by atoms with Crippen LogP contribution in [0.1, 0.15) is 29.1 Å². The van der Waals surface area contributed by atoms with Crippen LogP contribution in [0.4, 0.5) is 10.3 Å². The Hall–Kier alpha value is -3.17. The summed E-state index contributed by atoms with van der Waals surface area (Å²) in [6, 6.07) is 4.48. The number of morpholine rings is 1. The lowest BCUT2D eigenvalue weighted by molar-refractivity contribution is 0.0248. The predicted octanol–water partition coefficient (Wildman–Crippen LogP) is 4.37. The minimum atomic E-state index is -0.486. The van der Waals surface area contributed by atoms with Gasteiger partial charge in [-0.1, -0.05) is 11.6 Å². The molecule has 1 unspecified atom stereocenters. The normalized spacial score (nSPS) is 16.7. The van der Waals surface area contributed by atoms with Crippen LogP contribution in [-0.4, -0.2) is 44.6 Å². The van der Waals surface area contributed by atoms with Crippen molar-refractivity contribution in [1.82, 2.24) is 24.9 Å². The van der Waals surface area contributed by atoms with E-state index in [-0.39, 0.29) is 11.7 Å². The number of benzene rings is 1. The molecule has 1 atom stereocenters. The number of rotatable bonds is 3. The van der Waals surface area contributed by atoms with Gasteiger partial charge in [-0.2, -0.15) is 4.98 Å². The summed E-state index contributed by atoms with van der Waals surface area (Å²) < 4.78 is 26.4. The highest BCUT2D eigenvalue weighted by Crippen LogP contribution is 2.32. The van der Waals surface area contributed by atoms with Gasteiger partial charge in [0.1, 0.15) is 23.1 Å². The maximum atomic E-state index is 14.9. The van der Waals surface area contributed by atoms with Crippen molar-refractivity contribution in [2.45, 2.75) is 26.9 Å². The zero-order valence-corrected chi connectivity index (χ0v) is 18.5. The minimum absolute atomic E-state index is 0.288. The fourth-order valence-corrected chi connectivity index (χ4v) is 3.80. The van der Waals surface area contributed by atoms with Crippen molar-refractivity contribution >= 4 is 28.7 Å². The highest BCUT2D eigenvalue weighted by molar-refractivity contribution is 6.30. The van der Waals surface area contributed by atoms with Gasteiger partial charge in [-0.05, 0) is 32.0 Å². The van der Waals surface area contributed by atoms with Crippen molar-refractivity contribution in [3.63, 3.8) is 0 Å². The molecule has 0 radical (unpaired) electrons. The van der Waals surface area contributed by atoms with Crippen LogP contribution in [0.3, 0.4) is 0 Å². The second kappa shape index (κ2) is 8.07. The highest BCUT2D eigenvalue weighted by atomic mass is 35.5. The molecule has 0 saturated carbocycles. The molecule has 0 bridgehead atoms. The lowest BCUT2D eigenvalue weighted by Crippen LogP contribution is -2.39. The van der Waals surface area contributed by atoms with E-state index in [9.17, 15) is 4.39 Å². The van der Waals surface area contributed by atoms with E-state index in [1.807, 2.05) is 18.7 Å². The van der Waals surface area contributed by atoms with E-state index in [0.717, 1.165) is 11.4 Å². The number of aryl methyl sites for hydroxylation is 3. The van der Waals surface area contributed by atoms with Gasteiger partial charge in [0.2, 0.25) is 5.95 Å². The van der Waals surface area contributed by atoms with E-state index in [0.29, 0.717) is 59.2 Å². The first kappa shape index (κ1) is 20.7. The molecule has 8 nitrogen and oxygen atoms in total. The van der Waals surface area contributed by atoms with Crippen LogP contribution < -0.4 is 4.90 Å². The first-order valence-electron chi connectivity index (χ1n) is 10.2. The van der Waals surface area contributed by atoms with Crippen molar-refractivity contribution in [2.24, 2.45) is 0 Å². The molecule has 4 aromatic rings. The van der Waals surface area contributed by atoms with Gasteiger partial charge in [-0.15, -0.1) is 0 Å². The second-order valence-corrected chi connectivity index (χ2v) is 8.09. The molecule has 1 aromatic carbocycles. The van der Waals surface area contributed by atoms with Crippen LogP contribution >= 0.6 is 11.6 Å². The molecule has 1 aliphatic rings. The van der Waals surface area contributed by atoms with Gasteiger partial charge in [0, 0.05) is 24.1 Å². The van der Waals surface area contributed by atoms with E-state index in [2.05, 4.69) is 19.9 Å². The van der Waals surface area contributed by atoms with Crippen molar-refractivity contribution in [3.8, 4) is 11.3 Å². The van der Waals surface area contributed by atoms with Gasteiger partial charge < -0.3 is 14.1 Å². The average molecular weight is 455 g/mol. The fraction of sp³-hybridized carbons (Fsp3) is 0.318. The summed E-state index contributed by atoms with van der Waals surface area (Å²) >= 11 is 5.96. The van der Waals surface area contributed by atoms with E-state index in [1.54, 1.807) is 25.3 Å². The average Bonchev–Trinajstić information content (AvgIpc) is 3.21. The van der Waals surface area contributed by atoms with Gasteiger partial charge in [-0.3, -0.25) is 0 Å². The van der Waals surface area contributed by atoms with Gasteiger partial charge in [0.15, 0.2) is 17.3 Å². The number of aromatic nitrogens is 5. The largest absolute Gasteiger partial charge is 0.443 e. The third-order valence-electron chi connectivity index (χ3n) is 5.42. The number of fused-ring (bicyclic) bond motifs is 1. The van der Waals surface area contributed by atoms with Crippen molar-refractivity contribution in [2.75, 3.05) is 24.6 Å². The summed E-state index contributed by atoms with van der Waals surface area (Å²) in [6.45, 7) is 6.98. The van der Waals surface area contributed by atoms with Crippen LogP contribution in [0.5, 0.6) is 0 Å². The summed E-state index contributed by atoms with van der Waals surface area (Å²) in [4.78, 5) is 24.7.